The van der Waals surface area contributed by atoms with Crippen molar-refractivity contribution in [1.29, 1.82) is 0 Å². The molecule has 0 fully saturated rings. The quantitative estimate of drug-likeness (QED) is 0.471. The summed E-state index contributed by atoms with van der Waals surface area (Å²) in [6.45, 7) is 2.07. The second-order valence-corrected chi connectivity index (χ2v) is 4.64. The topological polar surface area (TPSA) is 42.9 Å². The fourth-order valence-electron chi connectivity index (χ4n) is 1.41. The lowest BCUT2D eigenvalue weighted by atomic mass is 10.2. The van der Waals surface area contributed by atoms with E-state index in [0.717, 1.165) is 12.0 Å². The Morgan fingerprint density at radius 2 is 2.06 bits per heavy atom. The molecule has 0 aliphatic carbocycles. The van der Waals surface area contributed by atoms with Gasteiger partial charge in [0.05, 0.1) is 5.56 Å². The van der Waals surface area contributed by atoms with Gasteiger partial charge in [0.2, 0.25) is 0 Å². The lowest BCUT2D eigenvalue weighted by molar-refractivity contribution is 0.112. The van der Waals surface area contributed by atoms with Crippen LogP contribution in [0.15, 0.2) is 41.8 Å². The van der Waals surface area contributed by atoms with Crippen LogP contribution in [0.25, 0.3) is 0 Å². The lowest BCUT2D eigenvalue weighted by Crippen LogP contribution is -1.90. The van der Waals surface area contributed by atoms with Gasteiger partial charge in [-0.1, -0.05) is 41.6 Å². The number of carbonyl (C=O) groups excluding carboxylic acids is 1. The number of hydrogen-bond donors (Lipinski definition) is 0. The zero-order valence-electron chi connectivity index (χ0n) is 9.46. The van der Waals surface area contributed by atoms with Crippen LogP contribution in [0, 0.1) is 6.92 Å². The minimum Gasteiger partial charge on any atom is -0.298 e. The van der Waals surface area contributed by atoms with E-state index in [9.17, 15) is 4.79 Å². The normalized spacial score (nSPS) is 10.2. The number of hydrogen-bond acceptors (Lipinski definition) is 4. The number of benzene rings is 1. The molecule has 86 valence electrons. The van der Waals surface area contributed by atoms with Gasteiger partial charge in [0.25, 0.3) is 0 Å². The summed E-state index contributed by atoms with van der Waals surface area (Å²) in [6, 6.07) is 8.34. The van der Waals surface area contributed by atoms with Gasteiger partial charge in [-0.3, -0.25) is 4.79 Å². The van der Waals surface area contributed by atoms with Crippen LogP contribution in [0.3, 0.4) is 0 Å². The molecular formula is C13H12N2OS. The van der Waals surface area contributed by atoms with E-state index in [1.54, 1.807) is 24.2 Å². The van der Waals surface area contributed by atoms with Crippen LogP contribution in [-0.2, 0) is 5.75 Å². The summed E-state index contributed by atoms with van der Waals surface area (Å²) in [5.74, 6) is 0.835. The van der Waals surface area contributed by atoms with Crippen molar-refractivity contribution < 1.29 is 4.79 Å². The van der Waals surface area contributed by atoms with Crippen molar-refractivity contribution in [2.24, 2.45) is 0 Å². The molecule has 0 radical (unpaired) electrons. The zero-order chi connectivity index (χ0) is 12.1. The molecule has 1 heterocycles. The Morgan fingerprint density at radius 1 is 1.29 bits per heavy atom. The molecule has 2 rings (SSSR count). The van der Waals surface area contributed by atoms with Gasteiger partial charge in [0.15, 0.2) is 11.4 Å². The molecule has 0 unspecified atom stereocenters. The second kappa shape index (κ2) is 5.59. The molecule has 17 heavy (non-hydrogen) atoms. The average molecular weight is 244 g/mol. The molecule has 3 nitrogen and oxygen atoms in total. The first kappa shape index (κ1) is 11.8. The highest BCUT2D eigenvalue weighted by Crippen LogP contribution is 2.19. The van der Waals surface area contributed by atoms with Crippen LogP contribution < -0.4 is 0 Å². The van der Waals surface area contributed by atoms with E-state index in [1.165, 1.54) is 11.1 Å². The molecule has 0 N–H and O–H groups in total. The predicted molar refractivity (Wildman–Crippen MR) is 68.2 cm³/mol. The van der Waals surface area contributed by atoms with Crippen molar-refractivity contribution in [3.63, 3.8) is 0 Å². The maximum Gasteiger partial charge on any atom is 0.187 e. The number of nitrogens with zero attached hydrogens (tertiary/aromatic N) is 2. The highest BCUT2D eigenvalue weighted by atomic mass is 32.2. The van der Waals surface area contributed by atoms with Crippen molar-refractivity contribution >= 4 is 18.0 Å². The van der Waals surface area contributed by atoms with E-state index in [1.807, 2.05) is 6.07 Å². The van der Waals surface area contributed by atoms with Gasteiger partial charge in [0, 0.05) is 18.1 Å². The SMILES string of the molecule is Cc1cccc(CSc2ncc(C=O)cn2)c1. The van der Waals surface area contributed by atoms with Gasteiger partial charge in [-0.15, -0.1) is 0 Å². The summed E-state index contributed by atoms with van der Waals surface area (Å²) in [5, 5.41) is 0.692. The molecule has 0 bridgehead atoms. The largest absolute Gasteiger partial charge is 0.298 e. The third-order valence-corrected chi connectivity index (χ3v) is 3.18. The number of rotatable bonds is 4. The predicted octanol–water partition coefficient (Wildman–Crippen LogP) is 2.89. The lowest BCUT2D eigenvalue weighted by Gasteiger charge is -2.01. The van der Waals surface area contributed by atoms with E-state index in [0.29, 0.717) is 10.7 Å². The summed E-state index contributed by atoms with van der Waals surface area (Å²) in [6.07, 6.45) is 3.83. The molecule has 1 aromatic heterocycles. The first-order valence-corrected chi connectivity index (χ1v) is 6.22. The number of carbonyl (C=O) groups is 1. The summed E-state index contributed by atoms with van der Waals surface area (Å²) in [7, 11) is 0. The van der Waals surface area contributed by atoms with Crippen molar-refractivity contribution in [2.45, 2.75) is 17.8 Å². The fraction of sp³-hybridized carbons (Fsp3) is 0.154. The molecule has 1 aromatic carbocycles. The van der Waals surface area contributed by atoms with Gasteiger partial charge >= 0.3 is 0 Å². The fourth-order valence-corrected chi connectivity index (χ4v) is 2.14. The monoisotopic (exact) mass is 244 g/mol. The molecule has 0 aliphatic rings. The highest BCUT2D eigenvalue weighted by molar-refractivity contribution is 7.98. The summed E-state index contributed by atoms with van der Waals surface area (Å²) in [5.41, 5.74) is 3.00. The third kappa shape index (κ3) is 3.39. The molecule has 0 atom stereocenters. The van der Waals surface area contributed by atoms with Crippen LogP contribution in [0.5, 0.6) is 0 Å². The summed E-state index contributed by atoms with van der Waals surface area (Å²) >= 11 is 1.56. The first-order valence-electron chi connectivity index (χ1n) is 5.23. The highest BCUT2D eigenvalue weighted by Gasteiger charge is 1.99. The van der Waals surface area contributed by atoms with Gasteiger partial charge in [0.1, 0.15) is 0 Å². The van der Waals surface area contributed by atoms with Crippen LogP contribution >= 0.6 is 11.8 Å². The Kier molecular flexibility index (Phi) is 3.88. The van der Waals surface area contributed by atoms with Gasteiger partial charge in [-0.05, 0) is 12.5 Å². The Morgan fingerprint density at radius 3 is 2.71 bits per heavy atom. The molecule has 0 spiro atoms. The number of aldehydes is 1. The van der Waals surface area contributed by atoms with Gasteiger partial charge in [-0.25, -0.2) is 9.97 Å². The molecule has 0 saturated carbocycles. The van der Waals surface area contributed by atoms with Crippen LogP contribution in [0.2, 0.25) is 0 Å². The standard InChI is InChI=1S/C13H12N2OS/c1-10-3-2-4-11(5-10)9-17-13-14-6-12(8-16)7-15-13/h2-8H,9H2,1H3. The summed E-state index contributed by atoms with van der Waals surface area (Å²) < 4.78 is 0. The Bertz CT molecular complexity index is 511. The van der Waals surface area contributed by atoms with E-state index >= 15 is 0 Å². The third-order valence-electron chi connectivity index (χ3n) is 2.23. The van der Waals surface area contributed by atoms with Crippen molar-refractivity contribution in [1.82, 2.24) is 9.97 Å². The molecule has 0 aliphatic heterocycles. The molecule has 0 saturated heterocycles. The molecular weight excluding hydrogens is 232 g/mol. The first-order chi connectivity index (χ1) is 8.28. The van der Waals surface area contributed by atoms with Crippen LogP contribution in [0.1, 0.15) is 21.5 Å². The minimum absolute atomic E-state index is 0.505. The van der Waals surface area contributed by atoms with Crippen LogP contribution in [-0.4, -0.2) is 16.3 Å². The smallest absolute Gasteiger partial charge is 0.187 e. The van der Waals surface area contributed by atoms with Crippen molar-refractivity contribution in [3.05, 3.63) is 53.3 Å². The van der Waals surface area contributed by atoms with Gasteiger partial charge in [-0.2, -0.15) is 0 Å². The second-order valence-electron chi connectivity index (χ2n) is 3.69. The Hall–Kier alpha value is -1.68. The number of aromatic nitrogens is 2. The van der Waals surface area contributed by atoms with Crippen molar-refractivity contribution in [2.75, 3.05) is 0 Å². The van der Waals surface area contributed by atoms with Gasteiger partial charge < -0.3 is 0 Å². The van der Waals surface area contributed by atoms with Crippen LogP contribution in [0.4, 0.5) is 0 Å². The average Bonchev–Trinajstić information content (AvgIpc) is 2.37. The van der Waals surface area contributed by atoms with Crippen molar-refractivity contribution in [3.8, 4) is 0 Å². The maximum absolute atomic E-state index is 10.4. The Balaban J connectivity index is 1.99. The molecule has 4 heteroatoms. The van der Waals surface area contributed by atoms with E-state index < -0.39 is 0 Å². The van der Waals surface area contributed by atoms with E-state index in [4.69, 9.17) is 0 Å². The zero-order valence-corrected chi connectivity index (χ0v) is 10.3. The molecule has 0 amide bonds. The van der Waals surface area contributed by atoms with E-state index in [2.05, 4.69) is 35.1 Å². The molecule has 2 aromatic rings. The number of aryl methyl sites for hydroxylation is 1. The Labute approximate surface area is 104 Å². The summed E-state index contributed by atoms with van der Waals surface area (Å²) in [4.78, 5) is 18.7. The minimum atomic E-state index is 0.505. The number of thioether (sulfide) groups is 1. The maximum atomic E-state index is 10.4. The van der Waals surface area contributed by atoms with E-state index in [-0.39, 0.29) is 0 Å².